The third-order valence-corrected chi connectivity index (χ3v) is 7.80. The molecule has 1 fully saturated rings. The standard InChI is InChI=1S/C30H30F3N9O3/c1-16-14-45-23(13-41(16)12-21-17(2)37-15-38-21)28-40-25(26-27(34)36-8-9-42(26)28)20-5-4-18(10-22(20)44-3)29(43)39-24-11-19(6-7-35-24)30(31,32)33/h4-11,15-16,23H,12-14H2,1-3H3,(H2,34,36)(H,37,38)(H,35,39,43)/t16-,23+/m0/s1. The second-order valence-electron chi connectivity index (χ2n) is 10.7. The Bertz CT molecular complexity index is 1870. The number of alkyl halides is 3. The highest BCUT2D eigenvalue weighted by Crippen LogP contribution is 2.38. The van der Waals surface area contributed by atoms with Gasteiger partial charge in [0.1, 0.15) is 40.5 Å². The number of nitrogens with two attached hydrogens (primary N) is 1. The number of morpholine rings is 1. The lowest BCUT2D eigenvalue weighted by Gasteiger charge is -2.37. The highest BCUT2D eigenvalue weighted by Gasteiger charge is 2.33. The number of nitrogens with one attached hydrogen (secondary N) is 2. The molecule has 6 rings (SSSR count). The maximum absolute atomic E-state index is 13.1. The van der Waals surface area contributed by atoms with Crippen LogP contribution in [0, 0.1) is 6.92 Å². The van der Waals surface area contributed by atoms with Crippen molar-refractivity contribution >= 4 is 23.1 Å². The number of imidazole rings is 2. The quantitative estimate of drug-likeness (QED) is 0.236. The van der Waals surface area contributed by atoms with Crippen LogP contribution in [0.5, 0.6) is 5.75 Å². The molecule has 12 nitrogen and oxygen atoms in total. The van der Waals surface area contributed by atoms with E-state index in [2.05, 4.69) is 37.1 Å². The molecule has 0 unspecified atom stereocenters. The number of hydrogen-bond donors (Lipinski definition) is 3. The minimum Gasteiger partial charge on any atom is -0.496 e. The van der Waals surface area contributed by atoms with Gasteiger partial charge in [0.15, 0.2) is 0 Å². The zero-order chi connectivity index (χ0) is 31.9. The van der Waals surface area contributed by atoms with E-state index >= 15 is 0 Å². The van der Waals surface area contributed by atoms with Crippen molar-refractivity contribution in [2.45, 2.75) is 38.7 Å². The molecule has 0 bridgehead atoms. The van der Waals surface area contributed by atoms with Crippen molar-refractivity contribution in [3.05, 3.63) is 83.6 Å². The molecule has 4 N–H and O–H groups in total. The SMILES string of the molecule is COc1cc(C(=O)Nc2cc(C(F)(F)F)ccn2)ccc1-c1nc([C@H]2CN(Cc3nc[nH]c3C)[C@@H](C)CO2)n2ccnc(N)c12. The van der Waals surface area contributed by atoms with Crippen molar-refractivity contribution in [2.24, 2.45) is 0 Å². The normalized spacial score (nSPS) is 17.5. The smallest absolute Gasteiger partial charge is 0.416 e. The summed E-state index contributed by atoms with van der Waals surface area (Å²) in [5.41, 5.74) is 9.08. The van der Waals surface area contributed by atoms with Gasteiger partial charge in [0.25, 0.3) is 5.91 Å². The fraction of sp³-hybridized carbons (Fsp3) is 0.300. The highest BCUT2D eigenvalue weighted by atomic mass is 19.4. The number of nitrogen functional groups attached to an aromatic ring is 1. The van der Waals surface area contributed by atoms with Gasteiger partial charge in [0, 0.05) is 54.5 Å². The number of aromatic nitrogens is 6. The summed E-state index contributed by atoms with van der Waals surface area (Å²) < 4.78 is 53.1. The summed E-state index contributed by atoms with van der Waals surface area (Å²) in [6, 6.07) is 6.38. The number of ether oxygens (including phenoxy) is 2. The molecule has 2 atom stereocenters. The molecule has 5 heterocycles. The molecule has 0 spiro atoms. The first-order chi connectivity index (χ1) is 21.5. The van der Waals surface area contributed by atoms with Crippen LogP contribution in [0.15, 0.2) is 55.2 Å². The summed E-state index contributed by atoms with van der Waals surface area (Å²) in [5.74, 6) is 0.242. The number of methoxy groups -OCH3 is 1. The summed E-state index contributed by atoms with van der Waals surface area (Å²) in [5, 5.41) is 2.41. The number of anilines is 2. The van der Waals surface area contributed by atoms with Gasteiger partial charge in [-0.3, -0.25) is 14.1 Å². The average molecular weight is 622 g/mol. The van der Waals surface area contributed by atoms with Gasteiger partial charge in [-0.25, -0.2) is 19.9 Å². The molecular formula is C30H30F3N9O3. The number of aromatic amines is 1. The van der Waals surface area contributed by atoms with Crippen molar-refractivity contribution in [3.63, 3.8) is 0 Å². The van der Waals surface area contributed by atoms with Gasteiger partial charge in [-0.15, -0.1) is 0 Å². The lowest BCUT2D eigenvalue weighted by Crippen LogP contribution is -2.45. The Hall–Kier alpha value is -5.02. The number of amides is 1. The number of hydrogen-bond acceptors (Lipinski definition) is 9. The van der Waals surface area contributed by atoms with Crippen LogP contribution >= 0.6 is 0 Å². The first-order valence-corrected chi connectivity index (χ1v) is 14.0. The van der Waals surface area contributed by atoms with E-state index in [0.29, 0.717) is 48.0 Å². The Morgan fingerprint density at radius 1 is 1.20 bits per heavy atom. The molecule has 234 valence electrons. The van der Waals surface area contributed by atoms with E-state index < -0.39 is 23.8 Å². The van der Waals surface area contributed by atoms with Gasteiger partial charge in [-0.1, -0.05) is 0 Å². The number of carbonyl (C=O) groups excluding carboxylic acids is 1. The largest absolute Gasteiger partial charge is 0.496 e. The van der Waals surface area contributed by atoms with Gasteiger partial charge < -0.3 is 25.5 Å². The lowest BCUT2D eigenvalue weighted by atomic mass is 10.1. The predicted octanol–water partition coefficient (Wildman–Crippen LogP) is 4.65. The van der Waals surface area contributed by atoms with Gasteiger partial charge in [0.2, 0.25) is 0 Å². The molecule has 1 saturated heterocycles. The molecule has 4 aromatic heterocycles. The molecule has 1 aliphatic heterocycles. The van der Waals surface area contributed by atoms with Gasteiger partial charge >= 0.3 is 6.18 Å². The number of pyridine rings is 1. The molecule has 0 radical (unpaired) electrons. The van der Waals surface area contributed by atoms with E-state index in [4.69, 9.17) is 20.2 Å². The molecule has 0 saturated carbocycles. The number of rotatable bonds is 7. The zero-order valence-corrected chi connectivity index (χ0v) is 24.6. The second-order valence-corrected chi connectivity index (χ2v) is 10.7. The maximum Gasteiger partial charge on any atom is 0.416 e. The Balaban J connectivity index is 1.32. The number of H-pyrrole nitrogens is 1. The van der Waals surface area contributed by atoms with Crippen LogP contribution < -0.4 is 15.8 Å². The first kappa shape index (κ1) is 30.0. The Labute approximate surface area is 255 Å². The molecule has 15 heteroatoms. The van der Waals surface area contributed by atoms with Crippen molar-refractivity contribution in [2.75, 3.05) is 31.3 Å². The fourth-order valence-electron chi connectivity index (χ4n) is 5.32. The Morgan fingerprint density at radius 3 is 2.76 bits per heavy atom. The van der Waals surface area contributed by atoms with Gasteiger partial charge in [-0.05, 0) is 44.2 Å². The van der Waals surface area contributed by atoms with Crippen LogP contribution in [0.25, 0.3) is 16.8 Å². The number of aryl methyl sites for hydroxylation is 1. The number of nitrogens with zero attached hydrogens (tertiary/aromatic N) is 6. The fourth-order valence-corrected chi connectivity index (χ4v) is 5.32. The first-order valence-electron chi connectivity index (χ1n) is 14.0. The van der Waals surface area contributed by atoms with Crippen molar-refractivity contribution in [1.29, 1.82) is 0 Å². The van der Waals surface area contributed by atoms with Crippen molar-refractivity contribution in [1.82, 2.24) is 34.2 Å². The maximum atomic E-state index is 13.1. The Morgan fingerprint density at radius 2 is 2.02 bits per heavy atom. The summed E-state index contributed by atoms with van der Waals surface area (Å²) in [4.78, 5) is 35.9. The molecule has 1 aliphatic rings. The predicted molar refractivity (Wildman–Crippen MR) is 158 cm³/mol. The van der Waals surface area contributed by atoms with Crippen molar-refractivity contribution in [3.8, 4) is 17.0 Å². The van der Waals surface area contributed by atoms with E-state index in [-0.39, 0.29) is 23.2 Å². The van der Waals surface area contributed by atoms with E-state index in [1.54, 1.807) is 24.8 Å². The number of benzene rings is 1. The molecular weight excluding hydrogens is 591 g/mol. The summed E-state index contributed by atoms with van der Waals surface area (Å²) >= 11 is 0. The van der Waals surface area contributed by atoms with E-state index in [9.17, 15) is 18.0 Å². The molecule has 5 aromatic rings. The zero-order valence-electron chi connectivity index (χ0n) is 24.6. The molecule has 45 heavy (non-hydrogen) atoms. The molecule has 1 amide bonds. The van der Waals surface area contributed by atoms with Crippen LogP contribution in [0.3, 0.4) is 0 Å². The average Bonchev–Trinajstić information content (AvgIpc) is 3.61. The van der Waals surface area contributed by atoms with E-state index in [1.165, 1.54) is 19.2 Å². The minimum atomic E-state index is -4.58. The van der Waals surface area contributed by atoms with Crippen molar-refractivity contribution < 1.29 is 27.4 Å². The topological polar surface area (TPSA) is 149 Å². The summed E-state index contributed by atoms with van der Waals surface area (Å²) in [6.45, 7) is 5.75. The molecule has 0 aliphatic carbocycles. The van der Waals surface area contributed by atoms with Gasteiger partial charge in [-0.2, -0.15) is 13.2 Å². The highest BCUT2D eigenvalue weighted by molar-refractivity contribution is 6.04. The third-order valence-electron chi connectivity index (χ3n) is 7.80. The third kappa shape index (κ3) is 5.91. The number of fused-ring (bicyclic) bond motifs is 1. The van der Waals surface area contributed by atoms with E-state index in [1.807, 2.05) is 11.3 Å². The van der Waals surface area contributed by atoms with Gasteiger partial charge in [0.05, 0.1) is 31.3 Å². The number of carbonyl (C=O) groups is 1. The van der Waals surface area contributed by atoms with Crippen LogP contribution in [0.2, 0.25) is 0 Å². The Kier molecular flexibility index (Phi) is 7.88. The monoisotopic (exact) mass is 621 g/mol. The lowest BCUT2D eigenvalue weighted by molar-refractivity contribution is -0.137. The van der Waals surface area contributed by atoms with Crippen LogP contribution in [-0.4, -0.2) is 66.4 Å². The number of halogens is 3. The summed E-state index contributed by atoms with van der Waals surface area (Å²) in [6.07, 6.45) is 1.03. The van der Waals surface area contributed by atoms with E-state index in [0.717, 1.165) is 29.7 Å². The summed E-state index contributed by atoms with van der Waals surface area (Å²) in [7, 11) is 1.44. The van der Waals surface area contributed by atoms with Crippen LogP contribution in [0.1, 0.15) is 46.2 Å². The minimum absolute atomic E-state index is 0.138. The van der Waals surface area contributed by atoms with Crippen LogP contribution in [0.4, 0.5) is 24.8 Å². The second kappa shape index (κ2) is 11.8. The molecule has 1 aromatic carbocycles. The van der Waals surface area contributed by atoms with Crippen LogP contribution in [-0.2, 0) is 17.5 Å².